The molecule has 2 N–H and O–H groups in total. The molecule has 2 fully saturated rings. The van der Waals surface area contributed by atoms with Crippen molar-refractivity contribution >= 4 is 18.3 Å². The summed E-state index contributed by atoms with van der Waals surface area (Å²) in [6.07, 6.45) is 9.24. The highest BCUT2D eigenvalue weighted by atomic mass is 35.5. The van der Waals surface area contributed by atoms with Gasteiger partial charge < -0.3 is 10.6 Å². The van der Waals surface area contributed by atoms with Crippen LogP contribution < -0.4 is 5.73 Å². The van der Waals surface area contributed by atoms with Gasteiger partial charge in [-0.25, -0.2) is 0 Å². The first-order chi connectivity index (χ1) is 7.77. The number of hydrogen-bond acceptors (Lipinski definition) is 2. The molecule has 1 aliphatic carbocycles. The first-order valence-electron chi connectivity index (χ1n) is 6.82. The predicted octanol–water partition coefficient (Wildman–Crippen LogP) is 2.33. The number of rotatable bonds is 1. The number of hydrogen-bond donors (Lipinski definition) is 1. The number of likely N-dealkylation sites (tertiary alicyclic amines) is 1. The summed E-state index contributed by atoms with van der Waals surface area (Å²) in [6, 6.07) is 0.267. The van der Waals surface area contributed by atoms with E-state index in [0.717, 1.165) is 32.4 Å². The summed E-state index contributed by atoms with van der Waals surface area (Å²) >= 11 is 0. The van der Waals surface area contributed by atoms with Crippen molar-refractivity contribution < 1.29 is 4.79 Å². The van der Waals surface area contributed by atoms with Gasteiger partial charge in [0.25, 0.3) is 0 Å². The average Bonchev–Trinajstić information content (AvgIpc) is 2.63. The van der Waals surface area contributed by atoms with Crippen molar-refractivity contribution in [2.45, 2.75) is 57.4 Å². The fraction of sp³-hybridized carbons (Fsp3) is 0.923. The molecular weight excluding hydrogens is 236 g/mol. The Kier molecular flexibility index (Phi) is 6.28. The van der Waals surface area contributed by atoms with Gasteiger partial charge in [-0.1, -0.05) is 19.3 Å². The lowest BCUT2D eigenvalue weighted by Crippen LogP contribution is -2.38. The molecule has 2 atom stereocenters. The molecule has 1 saturated heterocycles. The third-order valence-electron chi connectivity index (χ3n) is 3.99. The van der Waals surface area contributed by atoms with Gasteiger partial charge in [0.1, 0.15) is 0 Å². The number of nitrogens with two attached hydrogens (primary N) is 1. The van der Waals surface area contributed by atoms with Crippen LogP contribution in [0.15, 0.2) is 0 Å². The Labute approximate surface area is 111 Å². The van der Waals surface area contributed by atoms with E-state index in [-0.39, 0.29) is 24.4 Å². The van der Waals surface area contributed by atoms with E-state index in [1.807, 2.05) is 0 Å². The second-order valence-corrected chi connectivity index (χ2v) is 5.36. The van der Waals surface area contributed by atoms with Crippen LogP contribution >= 0.6 is 12.4 Å². The van der Waals surface area contributed by atoms with E-state index in [2.05, 4.69) is 4.90 Å². The summed E-state index contributed by atoms with van der Waals surface area (Å²) < 4.78 is 0. The maximum absolute atomic E-state index is 12.3. The largest absolute Gasteiger partial charge is 0.342 e. The lowest BCUT2D eigenvalue weighted by Gasteiger charge is -2.27. The molecule has 100 valence electrons. The minimum Gasteiger partial charge on any atom is -0.342 e. The molecule has 1 amide bonds. The third kappa shape index (κ3) is 4.14. The van der Waals surface area contributed by atoms with Crippen LogP contribution in [0.25, 0.3) is 0 Å². The molecule has 3 nitrogen and oxygen atoms in total. The summed E-state index contributed by atoms with van der Waals surface area (Å²) in [4.78, 5) is 14.4. The third-order valence-corrected chi connectivity index (χ3v) is 3.99. The SMILES string of the molecule is Cl.NC1CCC(C(=O)N2CCCCCCC2)C1. The lowest BCUT2D eigenvalue weighted by molar-refractivity contribution is -0.135. The first kappa shape index (κ1) is 14.8. The number of amides is 1. The van der Waals surface area contributed by atoms with Gasteiger partial charge in [-0.3, -0.25) is 4.79 Å². The fourth-order valence-electron chi connectivity index (χ4n) is 2.97. The van der Waals surface area contributed by atoms with Gasteiger partial charge in [0.2, 0.25) is 5.91 Å². The number of carbonyl (C=O) groups is 1. The van der Waals surface area contributed by atoms with Crippen molar-refractivity contribution in [3.8, 4) is 0 Å². The van der Waals surface area contributed by atoms with Crippen molar-refractivity contribution in [1.82, 2.24) is 4.90 Å². The quantitative estimate of drug-likeness (QED) is 0.787. The highest BCUT2D eigenvalue weighted by Gasteiger charge is 2.30. The Morgan fingerprint density at radius 3 is 2.12 bits per heavy atom. The summed E-state index contributed by atoms with van der Waals surface area (Å²) in [6.45, 7) is 1.95. The number of carbonyl (C=O) groups excluding carboxylic acids is 1. The minimum absolute atomic E-state index is 0. The highest BCUT2D eigenvalue weighted by molar-refractivity contribution is 5.85. The van der Waals surface area contributed by atoms with Crippen molar-refractivity contribution in [3.05, 3.63) is 0 Å². The Balaban J connectivity index is 0.00000144. The monoisotopic (exact) mass is 260 g/mol. The molecule has 1 saturated carbocycles. The molecule has 0 radical (unpaired) electrons. The summed E-state index contributed by atoms with van der Waals surface area (Å²) in [7, 11) is 0. The first-order valence-corrected chi connectivity index (χ1v) is 6.82. The minimum atomic E-state index is 0. The molecule has 2 unspecified atom stereocenters. The zero-order valence-electron chi connectivity index (χ0n) is 10.6. The van der Waals surface area contributed by atoms with Crippen molar-refractivity contribution in [2.24, 2.45) is 11.7 Å². The van der Waals surface area contributed by atoms with Crippen LogP contribution in [0.5, 0.6) is 0 Å². The Bertz CT molecular complexity index is 240. The van der Waals surface area contributed by atoms with E-state index in [1.165, 1.54) is 32.1 Å². The topological polar surface area (TPSA) is 46.3 Å². The van der Waals surface area contributed by atoms with Crippen molar-refractivity contribution in [2.75, 3.05) is 13.1 Å². The molecule has 0 bridgehead atoms. The Morgan fingerprint density at radius 1 is 1.00 bits per heavy atom. The van der Waals surface area contributed by atoms with Gasteiger partial charge >= 0.3 is 0 Å². The molecular formula is C13H25ClN2O. The van der Waals surface area contributed by atoms with Crippen LogP contribution in [0.1, 0.15) is 51.4 Å². The number of halogens is 1. The van der Waals surface area contributed by atoms with Crippen molar-refractivity contribution in [3.63, 3.8) is 0 Å². The van der Waals surface area contributed by atoms with Gasteiger partial charge in [-0.2, -0.15) is 0 Å². The van der Waals surface area contributed by atoms with E-state index < -0.39 is 0 Å². The van der Waals surface area contributed by atoms with Crippen LogP contribution in [0, 0.1) is 5.92 Å². The second kappa shape index (κ2) is 7.22. The molecule has 0 aromatic carbocycles. The van der Waals surface area contributed by atoms with Crippen molar-refractivity contribution in [1.29, 1.82) is 0 Å². The van der Waals surface area contributed by atoms with E-state index in [9.17, 15) is 4.79 Å². The zero-order valence-corrected chi connectivity index (χ0v) is 11.4. The normalized spacial score (nSPS) is 30.3. The smallest absolute Gasteiger partial charge is 0.225 e. The van der Waals surface area contributed by atoms with E-state index in [1.54, 1.807) is 0 Å². The lowest BCUT2D eigenvalue weighted by atomic mass is 10.0. The number of nitrogens with zero attached hydrogens (tertiary/aromatic N) is 1. The summed E-state index contributed by atoms with van der Waals surface area (Å²) in [5.74, 6) is 0.615. The van der Waals surface area contributed by atoms with Crippen LogP contribution in [0.2, 0.25) is 0 Å². The van der Waals surface area contributed by atoms with Crippen LogP contribution in [-0.2, 0) is 4.79 Å². The average molecular weight is 261 g/mol. The summed E-state index contributed by atoms with van der Waals surface area (Å²) in [5.41, 5.74) is 5.88. The summed E-state index contributed by atoms with van der Waals surface area (Å²) in [5, 5.41) is 0. The molecule has 0 aromatic heterocycles. The molecule has 1 heterocycles. The van der Waals surface area contributed by atoms with Gasteiger partial charge in [-0.05, 0) is 32.1 Å². The highest BCUT2D eigenvalue weighted by Crippen LogP contribution is 2.26. The van der Waals surface area contributed by atoms with Gasteiger partial charge in [0.15, 0.2) is 0 Å². The molecule has 0 spiro atoms. The maximum atomic E-state index is 12.3. The Hall–Kier alpha value is -0.280. The second-order valence-electron chi connectivity index (χ2n) is 5.36. The van der Waals surface area contributed by atoms with Gasteiger partial charge in [0, 0.05) is 25.0 Å². The molecule has 4 heteroatoms. The zero-order chi connectivity index (χ0) is 11.4. The predicted molar refractivity (Wildman–Crippen MR) is 72.2 cm³/mol. The van der Waals surface area contributed by atoms with Crippen LogP contribution in [-0.4, -0.2) is 29.9 Å². The molecule has 2 rings (SSSR count). The van der Waals surface area contributed by atoms with Gasteiger partial charge in [0.05, 0.1) is 0 Å². The van der Waals surface area contributed by atoms with E-state index in [0.29, 0.717) is 5.91 Å². The fourth-order valence-corrected chi connectivity index (χ4v) is 2.97. The molecule has 2 aliphatic rings. The standard InChI is InChI=1S/C13H24N2O.ClH/c14-12-7-6-11(10-12)13(16)15-8-4-2-1-3-5-9-15;/h11-12H,1-10,14H2;1H. The van der Waals surface area contributed by atoms with Crippen LogP contribution in [0.4, 0.5) is 0 Å². The maximum Gasteiger partial charge on any atom is 0.225 e. The molecule has 0 aromatic rings. The van der Waals surface area contributed by atoms with Gasteiger partial charge in [-0.15, -0.1) is 12.4 Å². The van der Waals surface area contributed by atoms with E-state index in [4.69, 9.17) is 5.73 Å². The molecule has 17 heavy (non-hydrogen) atoms. The van der Waals surface area contributed by atoms with Crippen LogP contribution in [0.3, 0.4) is 0 Å². The van der Waals surface area contributed by atoms with E-state index >= 15 is 0 Å². The molecule has 1 aliphatic heterocycles. The Morgan fingerprint density at radius 2 is 1.59 bits per heavy atom.